The highest BCUT2D eigenvalue weighted by Crippen LogP contribution is 2.16. The first-order valence-electron chi connectivity index (χ1n) is 9.29. The van der Waals surface area contributed by atoms with Crippen LogP contribution in [-0.4, -0.2) is 23.0 Å². The molecule has 8 heteroatoms. The van der Waals surface area contributed by atoms with Crippen molar-refractivity contribution < 1.29 is 23.5 Å². The summed E-state index contributed by atoms with van der Waals surface area (Å²) in [5, 5.41) is 4.65. The lowest BCUT2D eigenvalue weighted by atomic mass is 10.1. The van der Waals surface area contributed by atoms with Crippen molar-refractivity contribution >= 4 is 23.2 Å². The number of rotatable bonds is 8. The van der Waals surface area contributed by atoms with Crippen molar-refractivity contribution in [3.05, 3.63) is 82.1 Å². The lowest BCUT2D eigenvalue weighted by molar-refractivity contribution is -0.129. The standard InChI is InChI=1S/C22H21FN2O4S/c1-14(16-3-7-18(23)8-4-16)25-21(26)15(2)29-22(27)17-5-9-20(10-6-17)28-11-19-12-30-13-24-19/h3-10,12-15H,11H2,1-2H3,(H,25,26). The minimum atomic E-state index is -0.985. The molecule has 0 saturated heterocycles. The average Bonchev–Trinajstić information content (AvgIpc) is 3.26. The molecule has 30 heavy (non-hydrogen) atoms. The molecule has 2 atom stereocenters. The molecule has 0 spiro atoms. The molecule has 2 aromatic carbocycles. The van der Waals surface area contributed by atoms with Gasteiger partial charge in [0, 0.05) is 5.38 Å². The van der Waals surface area contributed by atoms with Gasteiger partial charge in [-0.25, -0.2) is 14.2 Å². The normalized spacial score (nSPS) is 12.6. The van der Waals surface area contributed by atoms with Crippen LogP contribution in [0.5, 0.6) is 5.75 Å². The second kappa shape index (κ2) is 9.98. The van der Waals surface area contributed by atoms with Crippen LogP contribution in [0.1, 0.15) is 41.5 Å². The van der Waals surface area contributed by atoms with Crippen molar-refractivity contribution in [1.29, 1.82) is 0 Å². The molecule has 0 saturated carbocycles. The maximum absolute atomic E-state index is 13.0. The van der Waals surface area contributed by atoms with Crippen molar-refractivity contribution in [1.82, 2.24) is 10.3 Å². The van der Waals surface area contributed by atoms with Crippen LogP contribution in [0, 0.1) is 5.82 Å². The zero-order valence-corrected chi connectivity index (χ0v) is 17.3. The number of amides is 1. The summed E-state index contributed by atoms with van der Waals surface area (Å²) in [5.41, 5.74) is 3.62. The van der Waals surface area contributed by atoms with Gasteiger partial charge in [-0.05, 0) is 55.8 Å². The van der Waals surface area contributed by atoms with Crippen molar-refractivity contribution in [2.75, 3.05) is 0 Å². The van der Waals surface area contributed by atoms with Gasteiger partial charge >= 0.3 is 5.97 Å². The first-order valence-corrected chi connectivity index (χ1v) is 10.2. The van der Waals surface area contributed by atoms with Crippen molar-refractivity contribution in [3.63, 3.8) is 0 Å². The third-order valence-electron chi connectivity index (χ3n) is 4.34. The number of carbonyl (C=O) groups is 2. The molecule has 2 unspecified atom stereocenters. The summed E-state index contributed by atoms with van der Waals surface area (Å²) in [4.78, 5) is 28.8. The van der Waals surface area contributed by atoms with Crippen molar-refractivity contribution in [2.24, 2.45) is 0 Å². The maximum Gasteiger partial charge on any atom is 0.338 e. The number of hydrogen-bond acceptors (Lipinski definition) is 6. The molecule has 0 radical (unpaired) electrons. The number of aromatic nitrogens is 1. The first kappa shape index (κ1) is 21.4. The lowest BCUT2D eigenvalue weighted by Crippen LogP contribution is -2.37. The summed E-state index contributed by atoms with van der Waals surface area (Å²) in [6.07, 6.45) is -0.985. The fraction of sp³-hybridized carbons (Fsp3) is 0.227. The monoisotopic (exact) mass is 428 g/mol. The van der Waals surface area contributed by atoms with Gasteiger partial charge in [0.25, 0.3) is 5.91 Å². The largest absolute Gasteiger partial charge is 0.487 e. The number of ether oxygens (including phenoxy) is 2. The van der Waals surface area contributed by atoms with Gasteiger partial charge in [-0.2, -0.15) is 0 Å². The molecule has 1 heterocycles. The highest BCUT2D eigenvalue weighted by atomic mass is 32.1. The van der Waals surface area contributed by atoms with Gasteiger partial charge in [0.1, 0.15) is 18.2 Å². The van der Waals surface area contributed by atoms with Gasteiger partial charge in [-0.3, -0.25) is 4.79 Å². The molecular weight excluding hydrogens is 407 g/mol. The molecule has 0 aliphatic rings. The average molecular weight is 428 g/mol. The molecule has 0 aliphatic carbocycles. The number of esters is 1. The molecule has 3 rings (SSSR count). The van der Waals surface area contributed by atoms with E-state index in [9.17, 15) is 14.0 Å². The van der Waals surface area contributed by atoms with Crippen LogP contribution in [0.25, 0.3) is 0 Å². The van der Waals surface area contributed by atoms with E-state index in [1.54, 1.807) is 48.8 Å². The van der Waals surface area contributed by atoms with E-state index in [4.69, 9.17) is 9.47 Å². The summed E-state index contributed by atoms with van der Waals surface area (Å²) >= 11 is 1.49. The second-order valence-corrected chi connectivity index (χ2v) is 7.34. The van der Waals surface area contributed by atoms with E-state index in [0.717, 1.165) is 11.3 Å². The number of hydrogen-bond donors (Lipinski definition) is 1. The Morgan fingerprint density at radius 3 is 2.43 bits per heavy atom. The third kappa shape index (κ3) is 5.87. The second-order valence-electron chi connectivity index (χ2n) is 6.62. The predicted molar refractivity (Wildman–Crippen MR) is 111 cm³/mol. The molecule has 3 aromatic rings. The zero-order valence-electron chi connectivity index (χ0n) is 16.5. The number of carbonyl (C=O) groups excluding carboxylic acids is 2. The minimum absolute atomic E-state index is 0.308. The minimum Gasteiger partial charge on any atom is -0.487 e. The molecule has 1 N–H and O–H groups in total. The number of nitrogens with one attached hydrogen (secondary N) is 1. The molecule has 6 nitrogen and oxygen atoms in total. The van der Waals surface area contributed by atoms with Crippen LogP contribution in [0.2, 0.25) is 0 Å². The number of thiazole rings is 1. The highest BCUT2D eigenvalue weighted by molar-refractivity contribution is 7.07. The maximum atomic E-state index is 13.0. The number of halogens is 1. The Bertz CT molecular complexity index is 975. The molecule has 0 fully saturated rings. The van der Waals surface area contributed by atoms with Crippen LogP contribution >= 0.6 is 11.3 Å². The quantitative estimate of drug-likeness (QED) is 0.542. The lowest BCUT2D eigenvalue weighted by Gasteiger charge is -2.18. The Hall–Kier alpha value is -3.26. The molecule has 156 valence electrons. The first-order chi connectivity index (χ1) is 14.4. The Morgan fingerprint density at radius 1 is 1.10 bits per heavy atom. The summed E-state index contributed by atoms with van der Waals surface area (Å²) < 4.78 is 23.9. The highest BCUT2D eigenvalue weighted by Gasteiger charge is 2.21. The Balaban J connectivity index is 1.50. The summed E-state index contributed by atoms with van der Waals surface area (Å²) in [7, 11) is 0. The smallest absolute Gasteiger partial charge is 0.338 e. The molecular formula is C22H21FN2O4S. The number of nitrogens with zero attached hydrogens (tertiary/aromatic N) is 1. The van der Waals surface area contributed by atoms with Crippen LogP contribution in [0.3, 0.4) is 0 Å². The summed E-state index contributed by atoms with van der Waals surface area (Å²) in [6, 6.07) is 11.9. The van der Waals surface area contributed by atoms with Gasteiger partial charge < -0.3 is 14.8 Å². The van der Waals surface area contributed by atoms with Crippen molar-refractivity contribution in [2.45, 2.75) is 32.6 Å². The summed E-state index contributed by atoms with van der Waals surface area (Å²) in [6.45, 7) is 3.61. The van der Waals surface area contributed by atoms with E-state index in [2.05, 4.69) is 10.3 Å². The van der Waals surface area contributed by atoms with Crippen LogP contribution in [-0.2, 0) is 16.1 Å². The van der Waals surface area contributed by atoms with Crippen LogP contribution in [0.4, 0.5) is 4.39 Å². The van der Waals surface area contributed by atoms with Gasteiger partial charge in [0.15, 0.2) is 6.10 Å². The van der Waals surface area contributed by atoms with Gasteiger partial charge in [-0.1, -0.05) is 12.1 Å². The molecule has 0 bridgehead atoms. The Kier molecular flexibility index (Phi) is 7.13. The van der Waals surface area contributed by atoms with E-state index >= 15 is 0 Å². The fourth-order valence-corrected chi connectivity index (χ4v) is 3.14. The van der Waals surface area contributed by atoms with Crippen molar-refractivity contribution in [3.8, 4) is 5.75 Å². The molecule has 1 aromatic heterocycles. The molecule has 1 amide bonds. The van der Waals surface area contributed by atoms with Gasteiger partial charge in [0.05, 0.1) is 22.8 Å². The Labute approximate surface area is 177 Å². The van der Waals surface area contributed by atoms with E-state index in [-0.39, 0.29) is 11.9 Å². The topological polar surface area (TPSA) is 77.5 Å². The number of benzene rings is 2. The van der Waals surface area contributed by atoms with E-state index in [1.165, 1.54) is 30.4 Å². The third-order valence-corrected chi connectivity index (χ3v) is 4.98. The SMILES string of the molecule is CC(OC(=O)c1ccc(OCc2cscn2)cc1)C(=O)NC(C)c1ccc(F)cc1. The van der Waals surface area contributed by atoms with Crippen LogP contribution in [0.15, 0.2) is 59.4 Å². The van der Waals surface area contributed by atoms with E-state index in [0.29, 0.717) is 17.9 Å². The zero-order chi connectivity index (χ0) is 21.5. The fourth-order valence-electron chi connectivity index (χ4n) is 2.60. The van der Waals surface area contributed by atoms with Crippen LogP contribution < -0.4 is 10.1 Å². The molecule has 0 aliphatic heterocycles. The van der Waals surface area contributed by atoms with E-state index < -0.39 is 18.0 Å². The Morgan fingerprint density at radius 2 is 1.80 bits per heavy atom. The van der Waals surface area contributed by atoms with Gasteiger partial charge in [0.2, 0.25) is 0 Å². The summed E-state index contributed by atoms with van der Waals surface area (Å²) in [5.74, 6) is -0.806. The van der Waals surface area contributed by atoms with Gasteiger partial charge in [-0.15, -0.1) is 11.3 Å². The van der Waals surface area contributed by atoms with E-state index in [1.807, 2.05) is 5.38 Å². The predicted octanol–water partition coefficient (Wildman–Crippen LogP) is 4.28.